The van der Waals surface area contributed by atoms with E-state index in [0.29, 0.717) is 12.0 Å². The van der Waals surface area contributed by atoms with Crippen LogP contribution in [0.2, 0.25) is 0 Å². The fourth-order valence-electron chi connectivity index (χ4n) is 2.82. The maximum Gasteiger partial charge on any atom is 0.142 e. The van der Waals surface area contributed by atoms with Gasteiger partial charge >= 0.3 is 0 Å². The molecule has 0 spiro atoms. The molecule has 1 heterocycles. The summed E-state index contributed by atoms with van der Waals surface area (Å²) in [6.07, 6.45) is 0. The van der Waals surface area contributed by atoms with Crippen LogP contribution in [-0.2, 0) is 0 Å². The zero-order valence-electron chi connectivity index (χ0n) is 12.7. The normalized spacial score (nSPS) is 22.6. The van der Waals surface area contributed by atoms with Crippen LogP contribution in [0.15, 0.2) is 24.3 Å². The molecule has 19 heavy (non-hydrogen) atoms. The summed E-state index contributed by atoms with van der Waals surface area (Å²) in [5.41, 5.74) is 1.34. The van der Waals surface area contributed by atoms with E-state index in [4.69, 9.17) is 4.74 Å². The predicted molar refractivity (Wildman–Crippen MR) is 81.0 cm³/mol. The summed E-state index contributed by atoms with van der Waals surface area (Å²) >= 11 is 0. The van der Waals surface area contributed by atoms with Crippen molar-refractivity contribution in [2.24, 2.45) is 5.92 Å². The minimum absolute atomic E-state index is 0.131. The van der Waals surface area contributed by atoms with Gasteiger partial charge in [0.1, 0.15) is 5.75 Å². The second-order valence-corrected chi connectivity index (χ2v) is 6.38. The number of hydrogen-bond donors (Lipinski definition) is 1. The lowest BCUT2D eigenvalue weighted by molar-refractivity contribution is 0.275. The van der Waals surface area contributed by atoms with Crippen molar-refractivity contribution in [3.63, 3.8) is 0 Å². The standard InChI is InChI=1S/C16H26N2O/c1-12(2)14-10-17-16(3,4)11-18(14)13-8-6-7-9-15(13)19-5/h6-9,12,14,17H,10-11H2,1-5H3. The van der Waals surface area contributed by atoms with Gasteiger partial charge in [-0.25, -0.2) is 0 Å². The van der Waals surface area contributed by atoms with Crippen LogP contribution in [0, 0.1) is 5.92 Å². The molecular formula is C16H26N2O. The van der Waals surface area contributed by atoms with Gasteiger partial charge in [0.2, 0.25) is 0 Å². The van der Waals surface area contributed by atoms with Crippen LogP contribution in [0.1, 0.15) is 27.7 Å². The maximum atomic E-state index is 5.53. The Morgan fingerprint density at radius 3 is 2.63 bits per heavy atom. The average molecular weight is 262 g/mol. The molecule has 0 radical (unpaired) electrons. The third-order valence-corrected chi connectivity index (χ3v) is 3.92. The SMILES string of the molecule is COc1ccccc1N1CC(C)(C)NCC1C(C)C. The molecule has 0 bridgehead atoms. The van der Waals surface area contributed by atoms with Gasteiger partial charge in [-0.15, -0.1) is 0 Å². The monoisotopic (exact) mass is 262 g/mol. The van der Waals surface area contributed by atoms with E-state index in [1.165, 1.54) is 5.69 Å². The lowest BCUT2D eigenvalue weighted by atomic mass is 9.92. The predicted octanol–water partition coefficient (Wildman–Crippen LogP) is 2.91. The van der Waals surface area contributed by atoms with Crippen molar-refractivity contribution in [1.82, 2.24) is 5.32 Å². The molecule has 1 aromatic rings. The topological polar surface area (TPSA) is 24.5 Å². The lowest BCUT2D eigenvalue weighted by Gasteiger charge is -2.47. The summed E-state index contributed by atoms with van der Waals surface area (Å²) in [7, 11) is 1.75. The van der Waals surface area contributed by atoms with Crippen LogP contribution in [-0.4, -0.2) is 31.8 Å². The summed E-state index contributed by atoms with van der Waals surface area (Å²) in [5, 5.41) is 3.64. The minimum atomic E-state index is 0.131. The van der Waals surface area contributed by atoms with Crippen LogP contribution in [0.3, 0.4) is 0 Å². The van der Waals surface area contributed by atoms with Gasteiger partial charge in [-0.3, -0.25) is 0 Å². The first-order valence-electron chi connectivity index (χ1n) is 7.09. The van der Waals surface area contributed by atoms with E-state index in [1.807, 2.05) is 12.1 Å². The number of benzene rings is 1. The number of hydrogen-bond acceptors (Lipinski definition) is 3. The molecule has 1 unspecified atom stereocenters. The Hall–Kier alpha value is -1.22. The average Bonchev–Trinajstić information content (AvgIpc) is 2.37. The summed E-state index contributed by atoms with van der Waals surface area (Å²) in [5.74, 6) is 1.57. The second kappa shape index (κ2) is 5.41. The molecular weight excluding hydrogens is 236 g/mol. The van der Waals surface area contributed by atoms with Crippen molar-refractivity contribution in [2.45, 2.75) is 39.3 Å². The van der Waals surface area contributed by atoms with Gasteiger partial charge in [0.05, 0.1) is 12.8 Å². The van der Waals surface area contributed by atoms with Gasteiger partial charge in [0, 0.05) is 24.7 Å². The van der Waals surface area contributed by atoms with Crippen molar-refractivity contribution >= 4 is 5.69 Å². The molecule has 1 atom stereocenters. The molecule has 2 rings (SSSR count). The maximum absolute atomic E-state index is 5.53. The van der Waals surface area contributed by atoms with Gasteiger partial charge in [-0.2, -0.15) is 0 Å². The highest BCUT2D eigenvalue weighted by Crippen LogP contribution is 2.33. The Kier molecular flexibility index (Phi) is 4.04. The molecule has 1 N–H and O–H groups in total. The molecule has 0 saturated carbocycles. The number of anilines is 1. The fraction of sp³-hybridized carbons (Fsp3) is 0.625. The number of nitrogens with one attached hydrogen (secondary N) is 1. The summed E-state index contributed by atoms with van der Waals surface area (Å²) in [6.45, 7) is 11.1. The number of methoxy groups -OCH3 is 1. The van der Waals surface area contributed by atoms with Crippen molar-refractivity contribution in [3.05, 3.63) is 24.3 Å². The zero-order valence-corrected chi connectivity index (χ0v) is 12.7. The molecule has 3 nitrogen and oxygen atoms in total. The number of para-hydroxylation sites is 2. The van der Waals surface area contributed by atoms with E-state index >= 15 is 0 Å². The van der Waals surface area contributed by atoms with Gasteiger partial charge in [-0.05, 0) is 31.9 Å². The van der Waals surface area contributed by atoms with Crippen LogP contribution < -0.4 is 15.0 Å². The molecule has 1 aliphatic rings. The molecule has 1 aromatic carbocycles. The van der Waals surface area contributed by atoms with Crippen LogP contribution in [0.5, 0.6) is 5.75 Å². The van der Waals surface area contributed by atoms with Crippen molar-refractivity contribution in [3.8, 4) is 5.75 Å². The Bertz CT molecular complexity index is 429. The number of piperazine rings is 1. The number of rotatable bonds is 3. The molecule has 0 aliphatic carbocycles. The molecule has 106 valence electrons. The van der Waals surface area contributed by atoms with E-state index in [-0.39, 0.29) is 5.54 Å². The third-order valence-electron chi connectivity index (χ3n) is 3.92. The van der Waals surface area contributed by atoms with E-state index < -0.39 is 0 Å². The van der Waals surface area contributed by atoms with Gasteiger partial charge in [0.25, 0.3) is 0 Å². The lowest BCUT2D eigenvalue weighted by Crippen LogP contribution is -2.63. The first-order chi connectivity index (χ1) is 8.94. The molecule has 1 saturated heterocycles. The van der Waals surface area contributed by atoms with E-state index in [0.717, 1.165) is 18.8 Å². The van der Waals surface area contributed by atoms with Gasteiger partial charge in [0.15, 0.2) is 0 Å². The van der Waals surface area contributed by atoms with Crippen LogP contribution in [0.4, 0.5) is 5.69 Å². The summed E-state index contributed by atoms with van der Waals surface area (Å²) < 4.78 is 5.53. The minimum Gasteiger partial charge on any atom is -0.495 e. The highest BCUT2D eigenvalue weighted by atomic mass is 16.5. The van der Waals surface area contributed by atoms with Crippen LogP contribution in [0.25, 0.3) is 0 Å². The smallest absolute Gasteiger partial charge is 0.142 e. The third kappa shape index (κ3) is 3.03. The van der Waals surface area contributed by atoms with Crippen molar-refractivity contribution in [2.75, 3.05) is 25.1 Å². The van der Waals surface area contributed by atoms with Gasteiger partial charge < -0.3 is 15.0 Å². The highest BCUT2D eigenvalue weighted by molar-refractivity contribution is 5.60. The van der Waals surface area contributed by atoms with Crippen LogP contribution >= 0.6 is 0 Å². The van der Waals surface area contributed by atoms with Gasteiger partial charge in [-0.1, -0.05) is 26.0 Å². The second-order valence-electron chi connectivity index (χ2n) is 6.38. The first kappa shape index (κ1) is 14.2. The Labute approximate surface area is 116 Å². The Morgan fingerprint density at radius 1 is 1.32 bits per heavy atom. The number of nitrogens with zero attached hydrogens (tertiary/aromatic N) is 1. The molecule has 3 heteroatoms. The summed E-state index contributed by atoms with van der Waals surface area (Å²) in [6, 6.07) is 8.83. The number of ether oxygens (including phenoxy) is 1. The Balaban J connectivity index is 2.36. The van der Waals surface area contributed by atoms with Crippen molar-refractivity contribution < 1.29 is 4.74 Å². The molecule has 1 fully saturated rings. The van der Waals surface area contributed by atoms with E-state index in [9.17, 15) is 0 Å². The molecule has 0 aromatic heterocycles. The Morgan fingerprint density at radius 2 is 2.00 bits per heavy atom. The zero-order chi connectivity index (χ0) is 14.0. The largest absolute Gasteiger partial charge is 0.495 e. The molecule has 1 aliphatic heterocycles. The van der Waals surface area contributed by atoms with E-state index in [1.54, 1.807) is 7.11 Å². The fourth-order valence-corrected chi connectivity index (χ4v) is 2.82. The highest BCUT2D eigenvalue weighted by Gasteiger charge is 2.35. The quantitative estimate of drug-likeness (QED) is 0.906. The molecule has 0 amide bonds. The summed E-state index contributed by atoms with van der Waals surface area (Å²) in [4.78, 5) is 2.50. The first-order valence-corrected chi connectivity index (χ1v) is 7.09. The van der Waals surface area contributed by atoms with E-state index in [2.05, 4.69) is 50.0 Å². The van der Waals surface area contributed by atoms with Crippen molar-refractivity contribution in [1.29, 1.82) is 0 Å².